The number of hydrogen-bond acceptors (Lipinski definition) is 4. The molecule has 5 nitrogen and oxygen atoms in total. The molecule has 0 bridgehead atoms. The summed E-state index contributed by atoms with van der Waals surface area (Å²) in [5.74, 6) is -0.363. The predicted octanol–water partition coefficient (Wildman–Crippen LogP) is 3.96. The molecule has 0 aliphatic carbocycles. The van der Waals surface area contributed by atoms with Crippen molar-refractivity contribution < 1.29 is 24.2 Å². The van der Waals surface area contributed by atoms with Gasteiger partial charge >= 0.3 is 12.1 Å². The van der Waals surface area contributed by atoms with Crippen molar-refractivity contribution in [3.8, 4) is 0 Å². The van der Waals surface area contributed by atoms with Gasteiger partial charge in [0.05, 0.1) is 5.56 Å². The Hall–Kier alpha value is -2.82. The van der Waals surface area contributed by atoms with E-state index in [0.717, 1.165) is 16.7 Å². The van der Waals surface area contributed by atoms with Crippen LogP contribution in [0.3, 0.4) is 0 Å². The minimum Gasteiger partial charge on any atom is -0.450 e. The van der Waals surface area contributed by atoms with Gasteiger partial charge in [0.15, 0.2) is 6.10 Å². The smallest absolute Gasteiger partial charge is 0.450 e. The van der Waals surface area contributed by atoms with Gasteiger partial charge in [0.2, 0.25) is 0 Å². The standard InChI is InChI=1S/C19H18O5/c1-19(2,24-18(21)22)11-13-9-6-10-14-15(13)16(23-17(14)20)12-7-4-3-5-8-12/h3-10,16H,11H2,1-2H3,(H,21,22). The Balaban J connectivity index is 2.02. The van der Waals surface area contributed by atoms with Crippen molar-refractivity contribution in [2.24, 2.45) is 0 Å². The van der Waals surface area contributed by atoms with Crippen LogP contribution in [-0.4, -0.2) is 22.8 Å². The fourth-order valence-electron chi connectivity index (χ4n) is 3.08. The number of benzene rings is 2. The van der Waals surface area contributed by atoms with Gasteiger partial charge in [0.1, 0.15) is 5.60 Å². The van der Waals surface area contributed by atoms with Crippen molar-refractivity contribution >= 4 is 12.1 Å². The third kappa shape index (κ3) is 3.11. The number of rotatable bonds is 4. The Morgan fingerprint density at radius 1 is 1.17 bits per heavy atom. The second kappa shape index (κ2) is 6.00. The molecule has 1 atom stereocenters. The van der Waals surface area contributed by atoms with Gasteiger partial charge in [0.25, 0.3) is 0 Å². The average molecular weight is 326 g/mol. The molecule has 0 saturated heterocycles. The van der Waals surface area contributed by atoms with Crippen molar-refractivity contribution in [2.45, 2.75) is 32.0 Å². The van der Waals surface area contributed by atoms with Gasteiger partial charge in [0, 0.05) is 12.0 Å². The number of ether oxygens (including phenoxy) is 2. The van der Waals surface area contributed by atoms with Gasteiger partial charge in [-0.3, -0.25) is 0 Å². The van der Waals surface area contributed by atoms with E-state index in [9.17, 15) is 9.59 Å². The van der Waals surface area contributed by atoms with Crippen molar-refractivity contribution in [3.05, 3.63) is 70.8 Å². The average Bonchev–Trinajstić information content (AvgIpc) is 2.85. The predicted molar refractivity (Wildman–Crippen MR) is 87.0 cm³/mol. The monoisotopic (exact) mass is 326 g/mol. The first-order valence-corrected chi connectivity index (χ1v) is 7.67. The molecule has 1 heterocycles. The lowest BCUT2D eigenvalue weighted by Gasteiger charge is -2.25. The third-order valence-electron chi connectivity index (χ3n) is 3.99. The topological polar surface area (TPSA) is 72.8 Å². The van der Waals surface area contributed by atoms with Gasteiger partial charge in [-0.15, -0.1) is 0 Å². The van der Waals surface area contributed by atoms with E-state index in [1.807, 2.05) is 36.4 Å². The van der Waals surface area contributed by atoms with Crippen LogP contribution in [0.5, 0.6) is 0 Å². The van der Waals surface area contributed by atoms with Crippen LogP contribution in [0.15, 0.2) is 48.5 Å². The zero-order chi connectivity index (χ0) is 17.3. The molecular formula is C19H18O5. The largest absolute Gasteiger partial charge is 0.506 e. The normalized spacial score (nSPS) is 16.4. The highest BCUT2D eigenvalue weighted by Crippen LogP contribution is 2.39. The Morgan fingerprint density at radius 3 is 2.54 bits per heavy atom. The number of fused-ring (bicyclic) bond motifs is 1. The summed E-state index contributed by atoms with van der Waals surface area (Å²) in [4.78, 5) is 23.1. The quantitative estimate of drug-likeness (QED) is 0.861. The highest BCUT2D eigenvalue weighted by Gasteiger charge is 2.36. The number of carboxylic acid groups (broad SMARTS) is 1. The fourth-order valence-corrected chi connectivity index (χ4v) is 3.08. The lowest BCUT2D eigenvalue weighted by atomic mass is 9.88. The van der Waals surface area contributed by atoms with Crippen LogP contribution < -0.4 is 0 Å². The zero-order valence-electron chi connectivity index (χ0n) is 13.5. The molecule has 1 N–H and O–H groups in total. The molecule has 2 aromatic rings. The maximum atomic E-state index is 12.2. The van der Waals surface area contributed by atoms with Crippen LogP contribution in [-0.2, 0) is 15.9 Å². The van der Waals surface area contributed by atoms with E-state index in [2.05, 4.69) is 0 Å². The van der Waals surface area contributed by atoms with E-state index in [1.54, 1.807) is 26.0 Å². The van der Waals surface area contributed by atoms with Gasteiger partial charge in [-0.2, -0.15) is 0 Å². The van der Waals surface area contributed by atoms with Crippen LogP contribution in [0.1, 0.15) is 47.0 Å². The Morgan fingerprint density at radius 2 is 1.88 bits per heavy atom. The first-order valence-electron chi connectivity index (χ1n) is 7.67. The Kier molecular flexibility index (Phi) is 4.01. The van der Waals surface area contributed by atoms with Crippen molar-refractivity contribution in [2.75, 3.05) is 0 Å². The summed E-state index contributed by atoms with van der Waals surface area (Å²) >= 11 is 0. The van der Waals surface area contributed by atoms with E-state index in [1.165, 1.54) is 0 Å². The van der Waals surface area contributed by atoms with Crippen LogP contribution in [0.25, 0.3) is 0 Å². The summed E-state index contributed by atoms with van der Waals surface area (Å²) in [6.45, 7) is 3.41. The molecule has 5 heteroatoms. The summed E-state index contributed by atoms with van der Waals surface area (Å²) < 4.78 is 10.5. The minimum atomic E-state index is -1.32. The van der Waals surface area contributed by atoms with E-state index in [-0.39, 0.29) is 5.97 Å². The summed E-state index contributed by atoms with van der Waals surface area (Å²) in [6, 6.07) is 14.9. The molecule has 1 unspecified atom stereocenters. The van der Waals surface area contributed by atoms with Gasteiger partial charge in [-0.05, 0) is 31.0 Å². The molecule has 1 aliphatic heterocycles. The molecule has 24 heavy (non-hydrogen) atoms. The second-order valence-corrected chi connectivity index (χ2v) is 6.38. The van der Waals surface area contributed by atoms with E-state index < -0.39 is 17.9 Å². The highest BCUT2D eigenvalue weighted by atomic mass is 16.7. The second-order valence-electron chi connectivity index (χ2n) is 6.38. The van der Waals surface area contributed by atoms with E-state index in [0.29, 0.717) is 12.0 Å². The minimum absolute atomic E-state index is 0.350. The maximum absolute atomic E-state index is 12.2. The molecule has 3 rings (SSSR count). The van der Waals surface area contributed by atoms with E-state index >= 15 is 0 Å². The first kappa shape index (κ1) is 16.1. The number of carbonyl (C=O) groups is 2. The number of hydrogen-bond donors (Lipinski definition) is 1. The summed E-state index contributed by atoms with van der Waals surface area (Å²) in [5.41, 5.74) is 2.13. The molecule has 0 saturated carbocycles. The summed E-state index contributed by atoms with van der Waals surface area (Å²) in [7, 11) is 0. The maximum Gasteiger partial charge on any atom is 0.506 e. The molecule has 2 aromatic carbocycles. The summed E-state index contributed by atoms with van der Waals surface area (Å²) in [6.07, 6.45) is -1.45. The molecule has 1 aliphatic rings. The molecular weight excluding hydrogens is 308 g/mol. The SMILES string of the molecule is CC(C)(Cc1cccc2c1C(c1ccccc1)OC2=O)OC(=O)O. The van der Waals surface area contributed by atoms with Crippen LogP contribution in [0, 0.1) is 0 Å². The van der Waals surface area contributed by atoms with Gasteiger partial charge in [-0.1, -0.05) is 42.5 Å². The fraction of sp³-hybridized carbons (Fsp3) is 0.263. The van der Waals surface area contributed by atoms with Crippen molar-refractivity contribution in [3.63, 3.8) is 0 Å². The van der Waals surface area contributed by atoms with Crippen molar-refractivity contribution in [1.82, 2.24) is 0 Å². The highest BCUT2D eigenvalue weighted by molar-refractivity contribution is 5.95. The molecule has 0 amide bonds. The summed E-state index contributed by atoms with van der Waals surface area (Å²) in [5, 5.41) is 8.89. The van der Waals surface area contributed by atoms with Gasteiger partial charge < -0.3 is 14.6 Å². The zero-order valence-corrected chi connectivity index (χ0v) is 13.5. The molecule has 0 radical (unpaired) electrons. The van der Waals surface area contributed by atoms with Crippen LogP contribution in [0.4, 0.5) is 4.79 Å². The Bertz CT molecular complexity index is 780. The van der Waals surface area contributed by atoms with Crippen molar-refractivity contribution in [1.29, 1.82) is 0 Å². The lowest BCUT2D eigenvalue weighted by molar-refractivity contribution is 0.00405. The van der Waals surface area contributed by atoms with E-state index in [4.69, 9.17) is 14.6 Å². The third-order valence-corrected chi connectivity index (χ3v) is 3.99. The number of esters is 1. The van der Waals surface area contributed by atoms with Crippen LogP contribution >= 0.6 is 0 Å². The molecule has 0 fully saturated rings. The first-order chi connectivity index (χ1) is 11.4. The molecule has 0 aromatic heterocycles. The van der Waals surface area contributed by atoms with Crippen LogP contribution in [0.2, 0.25) is 0 Å². The molecule has 124 valence electrons. The Labute approximate surface area is 139 Å². The lowest BCUT2D eigenvalue weighted by Crippen LogP contribution is -2.30. The number of cyclic esters (lactones) is 1. The number of carbonyl (C=O) groups excluding carboxylic acids is 1. The molecule has 0 spiro atoms. The van der Waals surface area contributed by atoms with Gasteiger partial charge in [-0.25, -0.2) is 9.59 Å².